The third kappa shape index (κ3) is 2.41. The Balaban J connectivity index is 1.71. The molecule has 126 valence electrons. The highest BCUT2D eigenvalue weighted by Gasteiger charge is 2.39. The molecule has 2 aliphatic heterocycles. The van der Waals surface area contributed by atoms with E-state index in [2.05, 4.69) is 22.1 Å². The number of aromatic nitrogens is 2. The van der Waals surface area contributed by atoms with Crippen LogP contribution in [0.1, 0.15) is 36.2 Å². The lowest BCUT2D eigenvalue weighted by Crippen LogP contribution is -2.47. The van der Waals surface area contributed by atoms with Gasteiger partial charge in [0.2, 0.25) is 0 Å². The molecule has 0 saturated carbocycles. The number of H-pyrrole nitrogens is 1. The zero-order chi connectivity index (χ0) is 16.7. The third-order valence-corrected chi connectivity index (χ3v) is 5.48. The number of aromatic amines is 1. The molecule has 2 atom stereocenters. The molecule has 24 heavy (non-hydrogen) atoms. The summed E-state index contributed by atoms with van der Waals surface area (Å²) in [6, 6.07) is 7.86. The summed E-state index contributed by atoms with van der Waals surface area (Å²) in [5.41, 5.74) is 0.105. The first kappa shape index (κ1) is 15.3. The van der Waals surface area contributed by atoms with Gasteiger partial charge < -0.3 is 9.80 Å². The van der Waals surface area contributed by atoms with Crippen LogP contribution in [0.4, 0.5) is 0 Å². The summed E-state index contributed by atoms with van der Waals surface area (Å²) < 4.78 is 0. The van der Waals surface area contributed by atoms with Crippen LogP contribution in [0, 0.1) is 0 Å². The predicted octanol–water partition coefficient (Wildman–Crippen LogP) is 1.62. The van der Waals surface area contributed by atoms with Crippen molar-refractivity contribution in [3.05, 3.63) is 40.3 Å². The van der Waals surface area contributed by atoms with Gasteiger partial charge in [0.25, 0.3) is 11.5 Å². The molecular weight excluding hydrogens is 304 g/mol. The maximum Gasteiger partial charge on any atom is 0.275 e. The SMILES string of the molecule is CN1CCC[C@H]1[C@@H]1CCCN1C(=O)c1n[nH]c(=O)c2ccccc12. The lowest BCUT2D eigenvalue weighted by atomic mass is 10.0. The van der Waals surface area contributed by atoms with E-state index in [1.54, 1.807) is 18.2 Å². The smallest absolute Gasteiger partial charge is 0.275 e. The van der Waals surface area contributed by atoms with E-state index in [1.807, 2.05) is 11.0 Å². The van der Waals surface area contributed by atoms with Crippen molar-refractivity contribution in [3.63, 3.8) is 0 Å². The maximum atomic E-state index is 13.2. The molecule has 0 aliphatic carbocycles. The number of carbonyl (C=O) groups excluding carboxylic acids is 1. The molecule has 0 unspecified atom stereocenters. The average molecular weight is 326 g/mol. The van der Waals surface area contributed by atoms with Crippen LogP contribution in [-0.2, 0) is 0 Å². The first-order chi connectivity index (χ1) is 11.7. The van der Waals surface area contributed by atoms with Gasteiger partial charge in [-0.25, -0.2) is 5.10 Å². The second-order valence-corrected chi connectivity index (χ2v) is 6.85. The molecule has 3 heterocycles. The third-order valence-electron chi connectivity index (χ3n) is 5.48. The van der Waals surface area contributed by atoms with Crippen LogP contribution in [0.15, 0.2) is 29.1 Å². The van der Waals surface area contributed by atoms with Gasteiger partial charge in [0.05, 0.1) is 5.39 Å². The number of likely N-dealkylation sites (tertiary alicyclic amines) is 2. The molecule has 0 radical (unpaired) electrons. The van der Waals surface area contributed by atoms with Gasteiger partial charge in [-0.1, -0.05) is 18.2 Å². The van der Waals surface area contributed by atoms with Crippen molar-refractivity contribution >= 4 is 16.7 Å². The van der Waals surface area contributed by atoms with Crippen LogP contribution in [0.3, 0.4) is 0 Å². The Labute approximate surface area is 140 Å². The zero-order valence-electron chi connectivity index (χ0n) is 13.9. The van der Waals surface area contributed by atoms with Crippen LogP contribution in [0.2, 0.25) is 0 Å². The van der Waals surface area contributed by atoms with E-state index in [0.29, 0.717) is 22.5 Å². The minimum Gasteiger partial charge on any atom is -0.333 e. The number of rotatable bonds is 2. The van der Waals surface area contributed by atoms with E-state index in [4.69, 9.17) is 0 Å². The molecule has 1 N–H and O–H groups in total. The molecule has 2 fully saturated rings. The quantitative estimate of drug-likeness (QED) is 0.910. The number of hydrogen-bond donors (Lipinski definition) is 1. The van der Waals surface area contributed by atoms with Gasteiger partial charge in [-0.2, -0.15) is 5.10 Å². The molecule has 4 rings (SSSR count). The van der Waals surface area contributed by atoms with Gasteiger partial charge in [-0.3, -0.25) is 9.59 Å². The van der Waals surface area contributed by atoms with Crippen molar-refractivity contribution in [2.45, 2.75) is 37.8 Å². The highest BCUT2D eigenvalue weighted by Crippen LogP contribution is 2.30. The highest BCUT2D eigenvalue weighted by atomic mass is 16.2. The van der Waals surface area contributed by atoms with Crippen molar-refractivity contribution < 1.29 is 4.79 Å². The number of carbonyl (C=O) groups is 1. The summed E-state index contributed by atoms with van der Waals surface area (Å²) >= 11 is 0. The molecule has 6 heteroatoms. The molecule has 0 spiro atoms. The molecule has 0 bridgehead atoms. The fourth-order valence-electron chi connectivity index (χ4n) is 4.28. The number of benzene rings is 1. The summed E-state index contributed by atoms with van der Waals surface area (Å²) in [6.45, 7) is 1.87. The van der Waals surface area contributed by atoms with E-state index in [9.17, 15) is 9.59 Å². The fourth-order valence-corrected chi connectivity index (χ4v) is 4.28. The van der Waals surface area contributed by atoms with Gasteiger partial charge in [-0.05, 0) is 45.3 Å². The second kappa shape index (κ2) is 6.02. The van der Waals surface area contributed by atoms with E-state index in [-0.39, 0.29) is 17.5 Å². The zero-order valence-corrected chi connectivity index (χ0v) is 13.9. The van der Waals surface area contributed by atoms with Crippen LogP contribution < -0.4 is 5.56 Å². The Morgan fingerprint density at radius 1 is 1.12 bits per heavy atom. The molecular formula is C18H22N4O2. The Bertz CT molecular complexity index is 831. The number of likely N-dealkylation sites (N-methyl/N-ethyl adjacent to an activating group) is 1. The van der Waals surface area contributed by atoms with Gasteiger partial charge in [0, 0.05) is 24.0 Å². The summed E-state index contributed by atoms with van der Waals surface area (Å²) in [4.78, 5) is 29.5. The van der Waals surface area contributed by atoms with Gasteiger partial charge >= 0.3 is 0 Å². The van der Waals surface area contributed by atoms with Crippen LogP contribution in [-0.4, -0.2) is 58.1 Å². The Morgan fingerprint density at radius 3 is 2.58 bits per heavy atom. The van der Waals surface area contributed by atoms with Crippen molar-refractivity contribution in [1.82, 2.24) is 20.0 Å². The van der Waals surface area contributed by atoms with Crippen molar-refractivity contribution in [2.75, 3.05) is 20.1 Å². The van der Waals surface area contributed by atoms with Crippen LogP contribution >= 0.6 is 0 Å². The average Bonchev–Trinajstić information content (AvgIpc) is 3.23. The number of nitrogens with zero attached hydrogens (tertiary/aromatic N) is 3. The van der Waals surface area contributed by atoms with Crippen molar-refractivity contribution in [1.29, 1.82) is 0 Å². The molecule has 2 aromatic rings. The van der Waals surface area contributed by atoms with E-state index in [0.717, 1.165) is 32.4 Å². The van der Waals surface area contributed by atoms with Crippen LogP contribution in [0.25, 0.3) is 10.8 Å². The molecule has 1 aromatic heterocycles. The van der Waals surface area contributed by atoms with E-state index < -0.39 is 0 Å². The minimum atomic E-state index is -0.254. The summed E-state index contributed by atoms with van der Waals surface area (Å²) in [6.07, 6.45) is 4.41. The monoisotopic (exact) mass is 326 g/mol. The number of amides is 1. The molecule has 2 aliphatic rings. The lowest BCUT2D eigenvalue weighted by Gasteiger charge is -2.33. The topological polar surface area (TPSA) is 69.3 Å². The minimum absolute atomic E-state index is 0.0646. The molecule has 2 saturated heterocycles. The van der Waals surface area contributed by atoms with Crippen molar-refractivity contribution in [3.8, 4) is 0 Å². The van der Waals surface area contributed by atoms with Crippen molar-refractivity contribution in [2.24, 2.45) is 0 Å². The normalized spacial score (nSPS) is 24.8. The second-order valence-electron chi connectivity index (χ2n) is 6.85. The summed E-state index contributed by atoms with van der Waals surface area (Å²) in [5.74, 6) is -0.0646. The summed E-state index contributed by atoms with van der Waals surface area (Å²) in [7, 11) is 2.15. The molecule has 1 aromatic carbocycles. The molecule has 6 nitrogen and oxygen atoms in total. The van der Waals surface area contributed by atoms with E-state index >= 15 is 0 Å². The first-order valence-corrected chi connectivity index (χ1v) is 8.65. The highest BCUT2D eigenvalue weighted by molar-refractivity contribution is 6.04. The number of fused-ring (bicyclic) bond motifs is 1. The maximum absolute atomic E-state index is 13.2. The summed E-state index contributed by atoms with van der Waals surface area (Å²) in [5, 5.41) is 7.72. The Kier molecular flexibility index (Phi) is 3.84. The lowest BCUT2D eigenvalue weighted by molar-refractivity contribution is 0.0659. The van der Waals surface area contributed by atoms with Gasteiger partial charge in [-0.15, -0.1) is 0 Å². The number of nitrogens with one attached hydrogen (secondary N) is 1. The largest absolute Gasteiger partial charge is 0.333 e. The predicted molar refractivity (Wildman–Crippen MR) is 92.1 cm³/mol. The van der Waals surface area contributed by atoms with Crippen LogP contribution in [0.5, 0.6) is 0 Å². The number of hydrogen-bond acceptors (Lipinski definition) is 4. The molecule has 1 amide bonds. The standard InChI is InChI=1S/C18H22N4O2/c1-21-10-4-8-14(21)15-9-5-11-22(15)18(24)16-12-6-2-3-7-13(12)17(23)20-19-16/h2-3,6-7,14-15H,4-5,8-11H2,1H3,(H,20,23)/t14-,15-/m0/s1. The Morgan fingerprint density at radius 2 is 1.83 bits per heavy atom. The van der Waals surface area contributed by atoms with Gasteiger partial charge in [0.15, 0.2) is 5.69 Å². The first-order valence-electron chi connectivity index (χ1n) is 8.65. The Hall–Kier alpha value is -2.21. The van der Waals surface area contributed by atoms with E-state index in [1.165, 1.54) is 6.42 Å². The van der Waals surface area contributed by atoms with Gasteiger partial charge in [0.1, 0.15) is 0 Å². The fraction of sp³-hybridized carbons (Fsp3) is 0.500.